The number of benzene rings is 1. The molecule has 3 atom stereocenters. The van der Waals surface area contributed by atoms with Gasteiger partial charge in [-0.3, -0.25) is 14.6 Å². The second kappa shape index (κ2) is 16.8. The second-order valence-corrected chi connectivity index (χ2v) is 9.41. The normalized spacial score (nSPS) is 13.2. The van der Waals surface area contributed by atoms with Crippen LogP contribution in [0.1, 0.15) is 25.8 Å². The lowest BCUT2D eigenvalue weighted by Gasteiger charge is -2.22. The zero-order chi connectivity index (χ0) is 28.0. The molecular weight excluding hydrogens is 525 g/mol. The number of H-pyrrole nitrogens is 2. The summed E-state index contributed by atoms with van der Waals surface area (Å²) in [6.07, 6.45) is 0.536. The molecule has 206 valence electrons. The Bertz CT molecular complexity index is 1070. The van der Waals surface area contributed by atoms with E-state index in [9.17, 15) is 24.3 Å². The Labute approximate surface area is 225 Å². The van der Waals surface area contributed by atoms with Gasteiger partial charge in [0.05, 0.1) is 0 Å². The molecule has 0 bridgehead atoms. The first-order valence-electron chi connectivity index (χ1n) is 11.7. The van der Waals surface area contributed by atoms with Crippen LogP contribution in [0.25, 0.3) is 0 Å². The number of nitrogens with one attached hydrogen (secondary N) is 3. The molecule has 37 heavy (non-hydrogen) atoms. The van der Waals surface area contributed by atoms with Gasteiger partial charge in [-0.25, -0.2) is 9.59 Å². The standard InChI is InChI=1S/C16H24N2O4.C8H11Cl2N3O2/c1-10(2)8-13(16(21)22)18-15(20)14(19)12(17)9-11-6-4-3-5-7-11;9-1-3-13(4-2-10)6-5-11-8(15)12-7(6)14/h3-7,10,12-14,19H,8-9,17H2,1-2H3,(H,18,20)(H,21,22);5H,1-4H2,(H2,11,12,14,15)/t12-,13?,14+;/m1./s1. The van der Waals surface area contributed by atoms with Crippen molar-refractivity contribution in [2.24, 2.45) is 11.7 Å². The van der Waals surface area contributed by atoms with E-state index >= 15 is 0 Å². The summed E-state index contributed by atoms with van der Waals surface area (Å²) in [6.45, 7) is 4.73. The molecule has 1 aromatic carbocycles. The largest absolute Gasteiger partial charge is 0.480 e. The average Bonchev–Trinajstić information content (AvgIpc) is 2.83. The van der Waals surface area contributed by atoms with E-state index in [0.717, 1.165) is 5.56 Å². The molecule has 2 aromatic rings. The van der Waals surface area contributed by atoms with Crippen molar-refractivity contribution in [3.8, 4) is 0 Å². The highest BCUT2D eigenvalue weighted by atomic mass is 35.5. The number of carboxylic acid groups (broad SMARTS) is 1. The number of hydrogen-bond donors (Lipinski definition) is 6. The molecule has 1 amide bonds. The number of amides is 1. The maximum Gasteiger partial charge on any atom is 0.326 e. The van der Waals surface area contributed by atoms with Gasteiger partial charge >= 0.3 is 11.7 Å². The molecule has 0 aliphatic carbocycles. The molecule has 0 saturated heterocycles. The first-order chi connectivity index (χ1) is 17.5. The van der Waals surface area contributed by atoms with Crippen LogP contribution in [-0.4, -0.2) is 75.1 Å². The molecule has 0 aliphatic rings. The summed E-state index contributed by atoms with van der Waals surface area (Å²) < 4.78 is 0. The van der Waals surface area contributed by atoms with Crippen LogP contribution in [0.4, 0.5) is 5.69 Å². The smallest absolute Gasteiger partial charge is 0.326 e. The van der Waals surface area contributed by atoms with Gasteiger partial charge in [-0.05, 0) is 24.3 Å². The van der Waals surface area contributed by atoms with Crippen LogP contribution in [0.5, 0.6) is 0 Å². The number of aliphatic hydroxyl groups excluding tert-OH is 1. The summed E-state index contributed by atoms with van der Waals surface area (Å²) in [5, 5.41) is 21.4. The van der Waals surface area contributed by atoms with E-state index in [-0.39, 0.29) is 5.92 Å². The number of anilines is 1. The molecule has 1 heterocycles. The lowest BCUT2D eigenvalue weighted by molar-refractivity contribution is -0.144. The minimum atomic E-state index is -1.45. The number of carbonyl (C=O) groups excluding carboxylic acids is 1. The molecule has 0 fully saturated rings. The van der Waals surface area contributed by atoms with Crippen LogP contribution in [0.3, 0.4) is 0 Å². The van der Waals surface area contributed by atoms with Gasteiger partial charge in [0, 0.05) is 37.1 Å². The molecule has 11 nitrogen and oxygen atoms in total. The number of aliphatic carboxylic acids is 1. The van der Waals surface area contributed by atoms with E-state index < -0.39 is 41.3 Å². The first kappa shape index (κ1) is 32.2. The van der Waals surface area contributed by atoms with Crippen molar-refractivity contribution in [2.75, 3.05) is 29.7 Å². The van der Waals surface area contributed by atoms with Crippen LogP contribution in [0, 0.1) is 5.92 Å². The lowest BCUT2D eigenvalue weighted by Crippen LogP contribution is -2.52. The molecule has 2 rings (SSSR count). The fourth-order valence-electron chi connectivity index (χ4n) is 3.34. The molecule has 0 spiro atoms. The fourth-order valence-corrected chi connectivity index (χ4v) is 3.74. The maximum absolute atomic E-state index is 12.0. The summed E-state index contributed by atoms with van der Waals surface area (Å²) >= 11 is 11.2. The zero-order valence-electron chi connectivity index (χ0n) is 20.8. The molecule has 0 radical (unpaired) electrons. The third-order valence-corrected chi connectivity index (χ3v) is 5.50. The Kier molecular flexibility index (Phi) is 14.6. The molecule has 0 aliphatic heterocycles. The Morgan fingerprint density at radius 3 is 2.19 bits per heavy atom. The third kappa shape index (κ3) is 11.8. The van der Waals surface area contributed by atoms with Crippen LogP contribution >= 0.6 is 23.2 Å². The average molecular weight is 560 g/mol. The number of alkyl halides is 2. The summed E-state index contributed by atoms with van der Waals surface area (Å²) in [5.74, 6) is -0.996. The van der Waals surface area contributed by atoms with Gasteiger partial charge in [0.15, 0.2) is 0 Å². The van der Waals surface area contributed by atoms with Crippen LogP contribution in [0.15, 0.2) is 46.1 Å². The van der Waals surface area contributed by atoms with Gasteiger partial charge in [-0.1, -0.05) is 44.2 Å². The molecule has 13 heteroatoms. The van der Waals surface area contributed by atoms with Crippen molar-refractivity contribution in [2.45, 2.75) is 44.9 Å². The van der Waals surface area contributed by atoms with Crippen molar-refractivity contribution < 1.29 is 19.8 Å². The van der Waals surface area contributed by atoms with Crippen LogP contribution < -0.4 is 27.2 Å². The summed E-state index contributed by atoms with van der Waals surface area (Å²) in [6, 6.07) is 7.44. The number of aliphatic hydroxyl groups is 1. The number of rotatable bonds is 13. The topological polar surface area (TPSA) is 182 Å². The highest BCUT2D eigenvalue weighted by molar-refractivity contribution is 6.18. The predicted molar refractivity (Wildman–Crippen MR) is 144 cm³/mol. The number of nitrogens with two attached hydrogens (primary N) is 1. The predicted octanol–water partition coefficient (Wildman–Crippen LogP) is 0.880. The van der Waals surface area contributed by atoms with Gasteiger partial charge < -0.3 is 31.1 Å². The second-order valence-electron chi connectivity index (χ2n) is 8.65. The van der Waals surface area contributed by atoms with Gasteiger partial charge in [0.2, 0.25) is 0 Å². The quantitative estimate of drug-likeness (QED) is 0.195. The number of hydrogen-bond acceptors (Lipinski definition) is 7. The van der Waals surface area contributed by atoms with Crippen molar-refractivity contribution in [1.82, 2.24) is 15.3 Å². The van der Waals surface area contributed by atoms with E-state index in [2.05, 4.69) is 15.3 Å². The number of halogens is 2. The van der Waals surface area contributed by atoms with Crippen molar-refractivity contribution in [3.63, 3.8) is 0 Å². The number of aromatic amines is 2. The summed E-state index contributed by atoms with van der Waals surface area (Å²) in [4.78, 5) is 51.6. The van der Waals surface area contributed by atoms with Crippen molar-refractivity contribution >= 4 is 40.8 Å². The van der Waals surface area contributed by atoms with E-state index in [0.29, 0.717) is 43.4 Å². The molecule has 1 unspecified atom stereocenters. The SMILES string of the molecule is CC(C)CC(NC(=O)[C@@H](O)[C@H](N)Cc1ccccc1)C(=O)O.O=c1[nH]cc(N(CCCl)CCCl)c(=O)[nH]1. The molecule has 1 aromatic heterocycles. The first-order valence-corrected chi connectivity index (χ1v) is 12.8. The zero-order valence-corrected chi connectivity index (χ0v) is 22.3. The Balaban J connectivity index is 0.000000397. The Hall–Kier alpha value is -2.86. The van der Waals surface area contributed by atoms with Gasteiger partial charge in [-0.2, -0.15) is 0 Å². The third-order valence-electron chi connectivity index (χ3n) is 5.16. The molecule has 0 saturated carbocycles. The lowest BCUT2D eigenvalue weighted by atomic mass is 10.00. The highest BCUT2D eigenvalue weighted by Crippen LogP contribution is 2.08. The highest BCUT2D eigenvalue weighted by Gasteiger charge is 2.28. The van der Waals surface area contributed by atoms with Gasteiger partial charge in [0.25, 0.3) is 11.5 Å². The number of carbonyl (C=O) groups is 2. The van der Waals surface area contributed by atoms with Crippen LogP contribution in [0.2, 0.25) is 0 Å². The van der Waals surface area contributed by atoms with E-state index in [1.54, 1.807) is 4.90 Å². The van der Waals surface area contributed by atoms with E-state index in [1.165, 1.54) is 6.20 Å². The fraction of sp³-hybridized carbons (Fsp3) is 0.500. The number of nitrogens with zero attached hydrogens (tertiary/aromatic N) is 1. The Morgan fingerprint density at radius 1 is 1.11 bits per heavy atom. The minimum Gasteiger partial charge on any atom is -0.480 e. The van der Waals surface area contributed by atoms with E-state index in [4.69, 9.17) is 34.0 Å². The minimum absolute atomic E-state index is 0.108. The summed E-state index contributed by atoms with van der Waals surface area (Å²) in [5.41, 5.74) is 6.15. The number of aromatic nitrogens is 2. The Morgan fingerprint density at radius 2 is 1.70 bits per heavy atom. The van der Waals surface area contributed by atoms with Crippen molar-refractivity contribution in [3.05, 3.63) is 62.9 Å². The van der Waals surface area contributed by atoms with Crippen molar-refractivity contribution in [1.29, 1.82) is 0 Å². The maximum atomic E-state index is 12.0. The number of carboxylic acids is 1. The van der Waals surface area contributed by atoms with Gasteiger partial charge in [0.1, 0.15) is 17.8 Å². The molecule has 7 N–H and O–H groups in total. The molecular formula is C24H35Cl2N5O6. The monoisotopic (exact) mass is 559 g/mol. The van der Waals surface area contributed by atoms with E-state index in [1.807, 2.05) is 44.2 Å². The van der Waals surface area contributed by atoms with Gasteiger partial charge in [-0.15, -0.1) is 23.2 Å². The van der Waals surface area contributed by atoms with Crippen LogP contribution in [-0.2, 0) is 16.0 Å². The summed E-state index contributed by atoms with van der Waals surface area (Å²) in [7, 11) is 0.